The van der Waals surface area contributed by atoms with E-state index in [-0.39, 0.29) is 5.91 Å². The Bertz CT molecular complexity index is 437. The molecule has 1 unspecified atom stereocenters. The van der Waals surface area contributed by atoms with E-state index in [4.69, 9.17) is 5.84 Å². The summed E-state index contributed by atoms with van der Waals surface area (Å²) >= 11 is 0. The minimum atomic E-state index is -0.153. The molecule has 1 aromatic rings. The van der Waals surface area contributed by atoms with Crippen molar-refractivity contribution >= 4 is 11.6 Å². The number of pyridine rings is 1. The third-order valence-electron chi connectivity index (χ3n) is 3.56. The van der Waals surface area contributed by atoms with Gasteiger partial charge in [0.1, 0.15) is 5.69 Å². The zero-order chi connectivity index (χ0) is 13.7. The zero-order valence-corrected chi connectivity index (χ0v) is 11.2. The molecular weight excluding hydrogens is 242 g/mol. The van der Waals surface area contributed by atoms with Crippen molar-refractivity contribution in [3.05, 3.63) is 24.0 Å². The van der Waals surface area contributed by atoms with E-state index >= 15 is 0 Å². The molecule has 1 atom stereocenters. The number of nitrogens with one attached hydrogen (secondary N) is 2. The standard InChI is InChI=1S/C13H21N5O/c1-2-18-7-3-4-11(18)9-16-13(19)12-8-10(17-14)5-6-15-12/h5-6,8,11H,2-4,7,9,14H2,1H3,(H,15,17)(H,16,19). The molecule has 0 aromatic carbocycles. The largest absolute Gasteiger partial charge is 0.349 e. The minimum Gasteiger partial charge on any atom is -0.349 e. The van der Waals surface area contributed by atoms with E-state index in [1.165, 1.54) is 6.42 Å². The lowest BCUT2D eigenvalue weighted by molar-refractivity contribution is 0.0936. The Kier molecular flexibility index (Phi) is 4.70. The lowest BCUT2D eigenvalue weighted by Crippen LogP contribution is -2.40. The quantitative estimate of drug-likeness (QED) is 0.535. The van der Waals surface area contributed by atoms with Crippen molar-refractivity contribution in [2.75, 3.05) is 25.1 Å². The van der Waals surface area contributed by atoms with Gasteiger partial charge in [0.2, 0.25) is 0 Å². The molecule has 0 bridgehead atoms. The van der Waals surface area contributed by atoms with Crippen molar-refractivity contribution < 1.29 is 4.79 Å². The SMILES string of the molecule is CCN1CCCC1CNC(=O)c1cc(NN)ccn1. The number of carbonyl (C=O) groups excluding carboxylic acids is 1. The van der Waals surface area contributed by atoms with Crippen molar-refractivity contribution in [1.82, 2.24) is 15.2 Å². The molecule has 1 aliphatic rings. The van der Waals surface area contributed by atoms with Gasteiger partial charge in [0.15, 0.2) is 0 Å². The molecule has 0 spiro atoms. The number of carbonyl (C=O) groups is 1. The second-order valence-corrected chi connectivity index (χ2v) is 4.71. The second-order valence-electron chi connectivity index (χ2n) is 4.71. The summed E-state index contributed by atoms with van der Waals surface area (Å²) in [5.74, 6) is 5.16. The highest BCUT2D eigenvalue weighted by Crippen LogP contribution is 2.15. The van der Waals surface area contributed by atoms with Gasteiger partial charge in [-0.2, -0.15) is 0 Å². The van der Waals surface area contributed by atoms with E-state index in [0.717, 1.165) is 19.5 Å². The van der Waals surface area contributed by atoms with Crippen LogP contribution in [-0.4, -0.2) is 41.5 Å². The number of amides is 1. The number of anilines is 1. The number of aromatic nitrogens is 1. The van der Waals surface area contributed by atoms with Crippen molar-refractivity contribution in [3.8, 4) is 0 Å². The van der Waals surface area contributed by atoms with Crippen LogP contribution in [0.1, 0.15) is 30.3 Å². The minimum absolute atomic E-state index is 0.153. The molecule has 104 valence electrons. The first-order chi connectivity index (χ1) is 9.24. The lowest BCUT2D eigenvalue weighted by atomic mass is 10.2. The highest BCUT2D eigenvalue weighted by molar-refractivity contribution is 5.93. The van der Waals surface area contributed by atoms with Crippen LogP contribution in [0.5, 0.6) is 0 Å². The first kappa shape index (κ1) is 13.8. The Morgan fingerprint density at radius 3 is 3.21 bits per heavy atom. The molecule has 2 heterocycles. The predicted octanol–water partition coefficient (Wildman–Crippen LogP) is 0.581. The number of likely N-dealkylation sites (N-methyl/N-ethyl adjacent to an activating group) is 1. The Labute approximate surface area is 113 Å². The number of hydrogen-bond donors (Lipinski definition) is 3. The van der Waals surface area contributed by atoms with E-state index in [2.05, 4.69) is 27.6 Å². The first-order valence-corrected chi connectivity index (χ1v) is 6.69. The summed E-state index contributed by atoms with van der Waals surface area (Å²) in [7, 11) is 0. The van der Waals surface area contributed by atoms with Crippen LogP contribution in [0.3, 0.4) is 0 Å². The fraction of sp³-hybridized carbons (Fsp3) is 0.538. The summed E-state index contributed by atoms with van der Waals surface area (Å²) in [5, 5.41) is 2.94. The summed E-state index contributed by atoms with van der Waals surface area (Å²) < 4.78 is 0. The summed E-state index contributed by atoms with van der Waals surface area (Å²) in [6, 6.07) is 3.80. The number of nitrogen functional groups attached to an aromatic ring is 1. The third-order valence-corrected chi connectivity index (χ3v) is 3.56. The molecule has 1 saturated heterocycles. The number of nitrogens with two attached hydrogens (primary N) is 1. The van der Waals surface area contributed by atoms with Crippen LogP contribution in [0.15, 0.2) is 18.3 Å². The summed E-state index contributed by atoms with van der Waals surface area (Å²) in [5.41, 5.74) is 3.57. The van der Waals surface area contributed by atoms with Crippen LogP contribution >= 0.6 is 0 Å². The van der Waals surface area contributed by atoms with Crippen molar-refractivity contribution in [2.24, 2.45) is 5.84 Å². The summed E-state index contributed by atoms with van der Waals surface area (Å²) in [6.07, 6.45) is 3.92. The molecule has 0 saturated carbocycles. The fourth-order valence-electron chi connectivity index (χ4n) is 2.49. The monoisotopic (exact) mass is 263 g/mol. The molecule has 0 radical (unpaired) electrons. The summed E-state index contributed by atoms with van der Waals surface area (Å²) in [6.45, 7) is 4.99. The molecule has 2 rings (SSSR count). The highest BCUT2D eigenvalue weighted by Gasteiger charge is 2.23. The topological polar surface area (TPSA) is 83.3 Å². The maximum atomic E-state index is 12.0. The lowest BCUT2D eigenvalue weighted by Gasteiger charge is -2.22. The van der Waals surface area contributed by atoms with Gasteiger partial charge in [0.25, 0.3) is 5.91 Å². The van der Waals surface area contributed by atoms with Gasteiger partial charge in [-0.3, -0.25) is 20.5 Å². The van der Waals surface area contributed by atoms with Crippen LogP contribution in [0, 0.1) is 0 Å². The average Bonchev–Trinajstić information content (AvgIpc) is 2.92. The third kappa shape index (κ3) is 3.42. The zero-order valence-electron chi connectivity index (χ0n) is 11.2. The number of likely N-dealkylation sites (tertiary alicyclic amines) is 1. The van der Waals surface area contributed by atoms with Crippen molar-refractivity contribution in [1.29, 1.82) is 0 Å². The smallest absolute Gasteiger partial charge is 0.270 e. The molecule has 6 heteroatoms. The molecular formula is C13H21N5O. The Hall–Kier alpha value is -1.66. The first-order valence-electron chi connectivity index (χ1n) is 6.69. The van der Waals surface area contributed by atoms with E-state index in [1.807, 2.05) is 0 Å². The van der Waals surface area contributed by atoms with Gasteiger partial charge in [0.05, 0.1) is 5.69 Å². The Balaban J connectivity index is 1.90. The van der Waals surface area contributed by atoms with Gasteiger partial charge < -0.3 is 10.7 Å². The maximum Gasteiger partial charge on any atom is 0.270 e. The molecule has 0 aliphatic carbocycles. The number of hydrogen-bond acceptors (Lipinski definition) is 5. The molecule has 1 amide bonds. The van der Waals surface area contributed by atoms with Crippen LogP contribution < -0.4 is 16.6 Å². The maximum absolute atomic E-state index is 12.0. The number of hydrazine groups is 1. The molecule has 1 aromatic heterocycles. The molecule has 6 nitrogen and oxygen atoms in total. The van der Waals surface area contributed by atoms with Gasteiger partial charge in [-0.05, 0) is 38.1 Å². The molecule has 19 heavy (non-hydrogen) atoms. The van der Waals surface area contributed by atoms with E-state index in [1.54, 1.807) is 18.3 Å². The molecule has 1 aliphatic heterocycles. The predicted molar refractivity (Wildman–Crippen MR) is 74.6 cm³/mol. The second kappa shape index (κ2) is 6.49. The van der Waals surface area contributed by atoms with Crippen molar-refractivity contribution in [3.63, 3.8) is 0 Å². The van der Waals surface area contributed by atoms with Crippen molar-refractivity contribution in [2.45, 2.75) is 25.8 Å². The van der Waals surface area contributed by atoms with E-state index < -0.39 is 0 Å². The van der Waals surface area contributed by atoms with Crippen LogP contribution in [0.2, 0.25) is 0 Å². The van der Waals surface area contributed by atoms with Crippen LogP contribution in [0.25, 0.3) is 0 Å². The molecule has 1 fully saturated rings. The normalized spacial score (nSPS) is 19.4. The fourth-order valence-corrected chi connectivity index (χ4v) is 2.49. The number of rotatable bonds is 5. The van der Waals surface area contributed by atoms with E-state index in [9.17, 15) is 4.79 Å². The van der Waals surface area contributed by atoms with Gasteiger partial charge >= 0.3 is 0 Å². The van der Waals surface area contributed by atoms with Gasteiger partial charge in [-0.15, -0.1) is 0 Å². The Morgan fingerprint density at radius 2 is 2.47 bits per heavy atom. The van der Waals surface area contributed by atoms with E-state index in [0.29, 0.717) is 24.0 Å². The van der Waals surface area contributed by atoms with Gasteiger partial charge in [0, 0.05) is 18.8 Å². The van der Waals surface area contributed by atoms with Crippen LogP contribution in [0.4, 0.5) is 5.69 Å². The number of nitrogens with zero attached hydrogens (tertiary/aromatic N) is 2. The van der Waals surface area contributed by atoms with Gasteiger partial charge in [-0.1, -0.05) is 6.92 Å². The van der Waals surface area contributed by atoms with Crippen LogP contribution in [-0.2, 0) is 0 Å². The highest BCUT2D eigenvalue weighted by atomic mass is 16.1. The molecule has 4 N–H and O–H groups in total. The Morgan fingerprint density at radius 1 is 1.63 bits per heavy atom. The summed E-state index contributed by atoms with van der Waals surface area (Å²) in [4.78, 5) is 18.4. The average molecular weight is 263 g/mol. The van der Waals surface area contributed by atoms with Gasteiger partial charge in [-0.25, -0.2) is 0 Å².